The topological polar surface area (TPSA) is 42.2 Å². The summed E-state index contributed by atoms with van der Waals surface area (Å²) in [5.41, 5.74) is 1.75. The lowest BCUT2D eigenvalue weighted by Gasteiger charge is -2.15. The van der Waals surface area contributed by atoms with Crippen LogP contribution in [-0.4, -0.2) is 9.67 Å². The van der Waals surface area contributed by atoms with Crippen LogP contribution in [0.2, 0.25) is 10.0 Å². The van der Waals surface area contributed by atoms with E-state index in [4.69, 9.17) is 23.2 Å². The van der Waals surface area contributed by atoms with Crippen LogP contribution in [0.5, 0.6) is 0 Å². The summed E-state index contributed by atoms with van der Waals surface area (Å²) in [7, 11) is 0. The molecule has 0 radical (unpaired) electrons. The predicted octanol–water partition coefficient (Wildman–Crippen LogP) is 3.65. The number of halogens is 2. The number of rotatable bonds is 3. The SMILES string of the molecule is O=c1c(CO)ccc(-c2cc(Cl)ccc2Cl)n1C1CC1. The molecule has 1 heterocycles. The number of hydrogen-bond acceptors (Lipinski definition) is 2. The molecule has 3 rings (SSSR count). The van der Waals surface area contributed by atoms with Crippen molar-refractivity contribution in [3.63, 3.8) is 0 Å². The maximum Gasteiger partial charge on any atom is 0.256 e. The van der Waals surface area contributed by atoms with Crippen LogP contribution in [0.25, 0.3) is 11.3 Å². The van der Waals surface area contributed by atoms with Gasteiger partial charge in [0.15, 0.2) is 0 Å². The van der Waals surface area contributed by atoms with Crippen molar-refractivity contribution >= 4 is 23.2 Å². The van der Waals surface area contributed by atoms with Gasteiger partial charge in [0.1, 0.15) is 0 Å². The molecule has 1 N–H and O–H groups in total. The van der Waals surface area contributed by atoms with Gasteiger partial charge >= 0.3 is 0 Å². The van der Waals surface area contributed by atoms with Gasteiger partial charge in [0.2, 0.25) is 0 Å². The summed E-state index contributed by atoms with van der Waals surface area (Å²) < 4.78 is 1.73. The molecular weight excluding hydrogens is 297 g/mol. The third-order valence-corrected chi connectivity index (χ3v) is 4.05. The molecule has 1 saturated carbocycles. The molecule has 0 saturated heterocycles. The molecule has 1 aromatic carbocycles. The summed E-state index contributed by atoms with van der Waals surface area (Å²) in [6, 6.07) is 8.86. The molecule has 3 nitrogen and oxygen atoms in total. The highest BCUT2D eigenvalue weighted by atomic mass is 35.5. The second kappa shape index (κ2) is 5.24. The van der Waals surface area contributed by atoms with E-state index in [-0.39, 0.29) is 18.2 Å². The number of pyridine rings is 1. The van der Waals surface area contributed by atoms with E-state index in [1.807, 2.05) is 6.07 Å². The third-order valence-electron chi connectivity index (χ3n) is 3.48. The number of aliphatic hydroxyl groups is 1. The van der Waals surface area contributed by atoms with E-state index in [2.05, 4.69) is 0 Å². The van der Waals surface area contributed by atoms with E-state index in [0.29, 0.717) is 15.6 Å². The summed E-state index contributed by atoms with van der Waals surface area (Å²) >= 11 is 12.3. The van der Waals surface area contributed by atoms with Gasteiger partial charge in [-0.1, -0.05) is 23.2 Å². The van der Waals surface area contributed by atoms with Crippen molar-refractivity contribution in [1.29, 1.82) is 0 Å². The van der Waals surface area contributed by atoms with E-state index >= 15 is 0 Å². The number of nitrogens with zero attached hydrogens (tertiary/aromatic N) is 1. The Hall–Kier alpha value is -1.29. The maximum absolute atomic E-state index is 12.4. The first-order valence-electron chi connectivity index (χ1n) is 6.42. The molecule has 5 heteroatoms. The van der Waals surface area contributed by atoms with Crippen LogP contribution in [0.15, 0.2) is 35.1 Å². The quantitative estimate of drug-likeness (QED) is 0.940. The van der Waals surface area contributed by atoms with Crippen LogP contribution >= 0.6 is 23.2 Å². The van der Waals surface area contributed by atoms with E-state index in [9.17, 15) is 9.90 Å². The minimum atomic E-state index is -0.255. The minimum absolute atomic E-state index is 0.149. The second-order valence-electron chi connectivity index (χ2n) is 4.93. The molecule has 1 aromatic heterocycles. The summed E-state index contributed by atoms with van der Waals surface area (Å²) in [4.78, 5) is 12.4. The molecule has 0 bridgehead atoms. The number of aliphatic hydroxyl groups excluding tert-OH is 1. The van der Waals surface area contributed by atoms with E-state index in [0.717, 1.165) is 24.1 Å². The second-order valence-corrected chi connectivity index (χ2v) is 5.78. The van der Waals surface area contributed by atoms with E-state index < -0.39 is 0 Å². The Bertz CT molecular complexity index is 720. The zero-order chi connectivity index (χ0) is 14.3. The smallest absolute Gasteiger partial charge is 0.256 e. The minimum Gasteiger partial charge on any atom is -0.391 e. The number of aromatic nitrogens is 1. The average molecular weight is 310 g/mol. The van der Waals surface area contributed by atoms with Gasteiger partial charge in [-0.3, -0.25) is 4.79 Å². The fourth-order valence-electron chi connectivity index (χ4n) is 2.32. The predicted molar refractivity (Wildman–Crippen MR) is 80.4 cm³/mol. The van der Waals surface area contributed by atoms with E-state index in [1.54, 1.807) is 28.8 Å². The molecule has 0 aliphatic heterocycles. The zero-order valence-electron chi connectivity index (χ0n) is 10.6. The third kappa shape index (κ3) is 2.37. The van der Waals surface area contributed by atoms with Crippen molar-refractivity contribution in [3.05, 3.63) is 56.3 Å². The van der Waals surface area contributed by atoms with Crippen molar-refractivity contribution in [2.75, 3.05) is 0 Å². The molecule has 20 heavy (non-hydrogen) atoms. The van der Waals surface area contributed by atoms with Crippen LogP contribution in [-0.2, 0) is 6.61 Å². The molecule has 0 unspecified atom stereocenters. The normalized spacial score (nSPS) is 14.6. The molecule has 0 amide bonds. The fraction of sp³-hybridized carbons (Fsp3) is 0.267. The highest BCUT2D eigenvalue weighted by molar-refractivity contribution is 6.35. The van der Waals surface area contributed by atoms with Gasteiger partial charge in [0.25, 0.3) is 5.56 Å². The average Bonchev–Trinajstić information content (AvgIpc) is 3.25. The molecule has 2 aromatic rings. The van der Waals surface area contributed by atoms with Crippen molar-refractivity contribution in [1.82, 2.24) is 4.57 Å². The lowest BCUT2D eigenvalue weighted by Crippen LogP contribution is -2.24. The Labute approximate surface area is 126 Å². The summed E-state index contributed by atoms with van der Waals surface area (Å²) in [6.07, 6.45) is 1.94. The van der Waals surface area contributed by atoms with E-state index in [1.165, 1.54) is 0 Å². The first-order chi connectivity index (χ1) is 9.61. The summed E-state index contributed by atoms with van der Waals surface area (Å²) in [6.45, 7) is -0.255. The van der Waals surface area contributed by atoms with Crippen LogP contribution in [0.3, 0.4) is 0 Å². The Morgan fingerprint density at radius 3 is 2.60 bits per heavy atom. The highest BCUT2D eigenvalue weighted by Crippen LogP contribution is 2.39. The molecule has 0 atom stereocenters. The standard InChI is InChI=1S/C15H13Cl2NO2/c16-10-2-5-13(17)12(7-10)14-6-1-9(8-19)15(20)18(14)11-3-4-11/h1-2,5-7,11,19H,3-4,8H2. The van der Waals surface area contributed by atoms with Crippen LogP contribution in [0.1, 0.15) is 24.4 Å². The largest absolute Gasteiger partial charge is 0.391 e. The van der Waals surface area contributed by atoms with Gasteiger partial charge in [-0.05, 0) is 43.2 Å². The van der Waals surface area contributed by atoms with Gasteiger partial charge in [-0.2, -0.15) is 0 Å². The molecule has 1 aliphatic rings. The lowest BCUT2D eigenvalue weighted by molar-refractivity contribution is 0.279. The van der Waals surface area contributed by atoms with Crippen LogP contribution < -0.4 is 5.56 Å². The van der Waals surface area contributed by atoms with Crippen molar-refractivity contribution in [2.45, 2.75) is 25.5 Å². The van der Waals surface area contributed by atoms with Crippen molar-refractivity contribution in [2.24, 2.45) is 0 Å². The first kappa shape index (κ1) is 13.7. The van der Waals surface area contributed by atoms with Gasteiger partial charge in [-0.25, -0.2) is 0 Å². The van der Waals surface area contributed by atoms with Crippen molar-refractivity contribution < 1.29 is 5.11 Å². The molecule has 0 spiro atoms. The van der Waals surface area contributed by atoms with Crippen LogP contribution in [0.4, 0.5) is 0 Å². The molecular formula is C15H13Cl2NO2. The molecule has 1 fully saturated rings. The Morgan fingerprint density at radius 2 is 1.95 bits per heavy atom. The van der Waals surface area contributed by atoms with Crippen molar-refractivity contribution in [3.8, 4) is 11.3 Å². The number of benzene rings is 1. The first-order valence-corrected chi connectivity index (χ1v) is 7.18. The fourth-order valence-corrected chi connectivity index (χ4v) is 2.71. The van der Waals surface area contributed by atoms with Crippen LogP contribution in [0, 0.1) is 0 Å². The van der Waals surface area contributed by atoms with Gasteiger partial charge < -0.3 is 9.67 Å². The van der Waals surface area contributed by atoms with Gasteiger partial charge in [0.05, 0.1) is 12.3 Å². The summed E-state index contributed by atoms with van der Waals surface area (Å²) in [5, 5.41) is 10.4. The monoisotopic (exact) mass is 309 g/mol. The zero-order valence-corrected chi connectivity index (χ0v) is 12.2. The van der Waals surface area contributed by atoms with Gasteiger partial charge in [0, 0.05) is 27.2 Å². The molecule has 1 aliphatic carbocycles. The maximum atomic E-state index is 12.4. The lowest BCUT2D eigenvalue weighted by atomic mass is 10.1. The highest BCUT2D eigenvalue weighted by Gasteiger charge is 2.28. The Morgan fingerprint density at radius 1 is 1.20 bits per heavy atom. The van der Waals surface area contributed by atoms with Gasteiger partial charge in [-0.15, -0.1) is 0 Å². The Balaban J connectivity index is 2.26. The number of hydrogen-bond donors (Lipinski definition) is 1. The Kier molecular flexibility index (Phi) is 3.59. The summed E-state index contributed by atoms with van der Waals surface area (Å²) in [5.74, 6) is 0. The molecule has 104 valence electrons.